The molecule has 16 heavy (non-hydrogen) atoms. The summed E-state index contributed by atoms with van der Waals surface area (Å²) in [5.74, 6) is 0.0446. The Balaban J connectivity index is 4.22. The first-order valence-corrected chi connectivity index (χ1v) is 5.91. The molecule has 0 aromatic carbocycles. The van der Waals surface area contributed by atoms with Gasteiger partial charge in [0.2, 0.25) is 5.91 Å². The molecule has 0 aromatic heterocycles. The Morgan fingerprint density at radius 3 is 2.12 bits per heavy atom. The highest BCUT2D eigenvalue weighted by atomic mass is 35.5. The van der Waals surface area contributed by atoms with Crippen molar-refractivity contribution >= 4 is 23.5 Å². The molecular weight excluding hydrogens is 228 g/mol. The standard InChI is InChI=1S/C11H21ClN2O2/c1-7(2)6-8(3)14(5)11(16)13-10(15)9(4)12/h7-9H,6H2,1-5H3,(H,13,15,16). The van der Waals surface area contributed by atoms with Gasteiger partial charge in [-0.25, -0.2) is 4.79 Å². The molecule has 1 N–H and O–H groups in total. The van der Waals surface area contributed by atoms with Crippen LogP contribution >= 0.6 is 11.6 Å². The number of imide groups is 1. The van der Waals surface area contributed by atoms with Gasteiger partial charge in [0.05, 0.1) is 0 Å². The molecule has 2 atom stereocenters. The van der Waals surface area contributed by atoms with Gasteiger partial charge in [-0.3, -0.25) is 10.1 Å². The van der Waals surface area contributed by atoms with Gasteiger partial charge in [-0.2, -0.15) is 0 Å². The molecule has 0 aliphatic rings. The Bertz CT molecular complexity index is 254. The Hall–Kier alpha value is -0.770. The van der Waals surface area contributed by atoms with Gasteiger partial charge in [0.1, 0.15) is 5.38 Å². The van der Waals surface area contributed by atoms with Crippen molar-refractivity contribution in [2.24, 2.45) is 5.92 Å². The molecular formula is C11H21ClN2O2. The summed E-state index contributed by atoms with van der Waals surface area (Å²) in [6.07, 6.45) is 0.897. The summed E-state index contributed by atoms with van der Waals surface area (Å²) in [6.45, 7) is 7.67. The van der Waals surface area contributed by atoms with E-state index in [1.807, 2.05) is 6.92 Å². The molecule has 0 saturated heterocycles. The van der Waals surface area contributed by atoms with E-state index < -0.39 is 17.3 Å². The third-order valence-corrected chi connectivity index (χ3v) is 2.58. The van der Waals surface area contributed by atoms with Crippen molar-refractivity contribution in [1.82, 2.24) is 10.2 Å². The van der Waals surface area contributed by atoms with Crippen molar-refractivity contribution in [3.8, 4) is 0 Å². The van der Waals surface area contributed by atoms with E-state index in [0.29, 0.717) is 5.92 Å². The molecule has 2 unspecified atom stereocenters. The Kier molecular flexibility index (Phi) is 6.41. The maximum absolute atomic E-state index is 11.6. The molecule has 0 rings (SSSR count). The molecule has 3 amide bonds. The van der Waals surface area contributed by atoms with E-state index in [4.69, 9.17) is 11.6 Å². The fourth-order valence-electron chi connectivity index (χ4n) is 1.33. The number of alkyl halides is 1. The Labute approximate surface area is 102 Å². The average Bonchev–Trinajstić information content (AvgIpc) is 2.14. The number of nitrogens with one attached hydrogen (secondary N) is 1. The van der Waals surface area contributed by atoms with Crippen molar-refractivity contribution in [2.45, 2.75) is 45.5 Å². The summed E-state index contributed by atoms with van der Waals surface area (Å²) in [5.41, 5.74) is 0. The predicted octanol–water partition coefficient (Wildman–Crippen LogP) is 2.22. The van der Waals surface area contributed by atoms with Crippen molar-refractivity contribution in [1.29, 1.82) is 0 Å². The van der Waals surface area contributed by atoms with Crippen LogP contribution in [-0.4, -0.2) is 35.3 Å². The molecule has 0 fully saturated rings. The summed E-state index contributed by atoms with van der Waals surface area (Å²) < 4.78 is 0. The van der Waals surface area contributed by atoms with Crippen molar-refractivity contribution in [2.75, 3.05) is 7.05 Å². The Morgan fingerprint density at radius 2 is 1.75 bits per heavy atom. The third kappa shape index (κ3) is 5.35. The fourth-order valence-corrected chi connectivity index (χ4v) is 1.39. The van der Waals surface area contributed by atoms with E-state index in [0.717, 1.165) is 6.42 Å². The first kappa shape index (κ1) is 15.2. The van der Waals surface area contributed by atoms with E-state index in [1.54, 1.807) is 7.05 Å². The lowest BCUT2D eigenvalue weighted by Gasteiger charge is -2.26. The zero-order valence-electron chi connectivity index (χ0n) is 10.6. The molecule has 0 bridgehead atoms. The molecule has 0 spiro atoms. The van der Waals surface area contributed by atoms with Gasteiger partial charge in [-0.1, -0.05) is 13.8 Å². The summed E-state index contributed by atoms with van der Waals surface area (Å²) in [6, 6.07) is -0.302. The third-order valence-electron chi connectivity index (χ3n) is 2.39. The molecule has 0 aliphatic heterocycles. The van der Waals surface area contributed by atoms with Crippen LogP contribution in [0.1, 0.15) is 34.1 Å². The van der Waals surface area contributed by atoms with Crippen LogP contribution in [0.15, 0.2) is 0 Å². The van der Waals surface area contributed by atoms with Crippen LogP contribution in [0.25, 0.3) is 0 Å². The summed E-state index contributed by atoms with van der Waals surface area (Å²) >= 11 is 5.56. The zero-order valence-corrected chi connectivity index (χ0v) is 11.3. The number of nitrogens with zero attached hydrogens (tertiary/aromatic N) is 1. The van der Waals surface area contributed by atoms with Crippen LogP contribution in [-0.2, 0) is 4.79 Å². The second kappa shape index (κ2) is 6.74. The topological polar surface area (TPSA) is 49.4 Å². The van der Waals surface area contributed by atoms with Gasteiger partial charge in [0, 0.05) is 13.1 Å². The van der Waals surface area contributed by atoms with Crippen LogP contribution in [0, 0.1) is 5.92 Å². The van der Waals surface area contributed by atoms with Crippen molar-refractivity contribution in [3.05, 3.63) is 0 Å². The predicted molar refractivity (Wildman–Crippen MR) is 65.5 cm³/mol. The lowest BCUT2D eigenvalue weighted by atomic mass is 10.0. The Morgan fingerprint density at radius 1 is 1.25 bits per heavy atom. The highest BCUT2D eigenvalue weighted by Gasteiger charge is 2.20. The van der Waals surface area contributed by atoms with Gasteiger partial charge in [-0.05, 0) is 26.2 Å². The second-order valence-corrected chi connectivity index (χ2v) is 5.15. The van der Waals surface area contributed by atoms with E-state index >= 15 is 0 Å². The quantitative estimate of drug-likeness (QED) is 0.776. The number of carbonyl (C=O) groups is 2. The number of rotatable bonds is 4. The van der Waals surface area contributed by atoms with Crippen LogP contribution in [0.5, 0.6) is 0 Å². The van der Waals surface area contributed by atoms with E-state index in [1.165, 1.54) is 11.8 Å². The van der Waals surface area contributed by atoms with Crippen LogP contribution in [0.2, 0.25) is 0 Å². The number of hydrogen-bond donors (Lipinski definition) is 1. The van der Waals surface area contributed by atoms with Gasteiger partial charge >= 0.3 is 6.03 Å². The summed E-state index contributed by atoms with van der Waals surface area (Å²) in [4.78, 5) is 24.4. The smallest absolute Gasteiger partial charge is 0.324 e. The van der Waals surface area contributed by atoms with Crippen molar-refractivity contribution in [3.63, 3.8) is 0 Å². The van der Waals surface area contributed by atoms with Crippen LogP contribution in [0.3, 0.4) is 0 Å². The molecule has 0 heterocycles. The average molecular weight is 249 g/mol. The zero-order chi connectivity index (χ0) is 12.9. The lowest BCUT2D eigenvalue weighted by molar-refractivity contribution is -0.119. The van der Waals surface area contributed by atoms with Crippen molar-refractivity contribution < 1.29 is 9.59 Å². The highest BCUT2D eigenvalue weighted by Crippen LogP contribution is 2.09. The maximum atomic E-state index is 11.6. The van der Waals surface area contributed by atoms with Gasteiger partial charge in [0.15, 0.2) is 0 Å². The number of halogens is 1. The number of amides is 3. The minimum atomic E-state index is -0.697. The van der Waals surface area contributed by atoms with Gasteiger partial charge < -0.3 is 4.90 Å². The van der Waals surface area contributed by atoms with E-state index in [-0.39, 0.29) is 6.04 Å². The van der Waals surface area contributed by atoms with E-state index in [2.05, 4.69) is 19.2 Å². The SMILES string of the molecule is CC(C)CC(C)N(C)C(=O)NC(=O)C(C)Cl. The second-order valence-electron chi connectivity index (χ2n) is 4.50. The summed E-state index contributed by atoms with van der Waals surface area (Å²) in [5, 5.41) is 1.55. The molecule has 94 valence electrons. The van der Waals surface area contributed by atoms with E-state index in [9.17, 15) is 9.59 Å². The number of carbonyl (C=O) groups excluding carboxylic acids is 2. The highest BCUT2D eigenvalue weighted by molar-refractivity contribution is 6.31. The molecule has 0 aliphatic carbocycles. The molecule has 0 radical (unpaired) electrons. The molecule has 0 aromatic rings. The monoisotopic (exact) mass is 248 g/mol. The number of urea groups is 1. The first-order chi connectivity index (χ1) is 7.25. The fraction of sp³-hybridized carbons (Fsp3) is 0.818. The lowest BCUT2D eigenvalue weighted by Crippen LogP contribution is -2.46. The maximum Gasteiger partial charge on any atom is 0.324 e. The van der Waals surface area contributed by atoms with Crippen LogP contribution < -0.4 is 5.32 Å². The molecule has 0 saturated carbocycles. The molecule has 5 heteroatoms. The normalized spacial score (nSPS) is 14.4. The number of hydrogen-bond acceptors (Lipinski definition) is 2. The minimum Gasteiger partial charge on any atom is -0.325 e. The largest absolute Gasteiger partial charge is 0.325 e. The molecule has 4 nitrogen and oxygen atoms in total. The minimum absolute atomic E-state index is 0.0958. The van der Waals surface area contributed by atoms with Gasteiger partial charge in [0.25, 0.3) is 0 Å². The summed E-state index contributed by atoms with van der Waals surface area (Å²) in [7, 11) is 1.68. The first-order valence-electron chi connectivity index (χ1n) is 5.47. The van der Waals surface area contributed by atoms with Gasteiger partial charge in [-0.15, -0.1) is 11.6 Å². The van der Waals surface area contributed by atoms with Crippen LogP contribution in [0.4, 0.5) is 4.79 Å².